The lowest BCUT2D eigenvalue weighted by atomic mass is 9.99. The van der Waals surface area contributed by atoms with Crippen molar-refractivity contribution in [3.63, 3.8) is 0 Å². The summed E-state index contributed by atoms with van der Waals surface area (Å²) in [6, 6.07) is 10.7. The van der Waals surface area contributed by atoms with E-state index in [4.69, 9.17) is 4.74 Å². The van der Waals surface area contributed by atoms with Crippen LogP contribution in [0.5, 0.6) is 0 Å². The molecule has 0 aliphatic heterocycles. The third kappa shape index (κ3) is 4.22. The van der Waals surface area contributed by atoms with E-state index < -0.39 is 0 Å². The van der Waals surface area contributed by atoms with E-state index in [1.165, 1.54) is 0 Å². The molecule has 0 saturated carbocycles. The lowest BCUT2D eigenvalue weighted by Crippen LogP contribution is -2.15. The first-order valence-electron chi connectivity index (χ1n) is 8.08. The Morgan fingerprint density at radius 2 is 1.58 bits per heavy atom. The van der Waals surface area contributed by atoms with E-state index in [-0.39, 0.29) is 11.9 Å². The van der Waals surface area contributed by atoms with Crippen LogP contribution in [0.2, 0.25) is 0 Å². The zero-order chi connectivity index (χ0) is 17.7. The molecule has 0 aliphatic rings. The van der Waals surface area contributed by atoms with Crippen molar-refractivity contribution in [1.82, 2.24) is 0 Å². The van der Waals surface area contributed by atoms with E-state index in [1.807, 2.05) is 39.8 Å². The van der Waals surface area contributed by atoms with Gasteiger partial charge >= 0.3 is 5.97 Å². The Hall–Kier alpha value is -2.62. The molecular weight excluding hydrogens is 302 g/mol. The fourth-order valence-corrected chi connectivity index (χ4v) is 2.70. The van der Waals surface area contributed by atoms with Crippen LogP contribution in [0.1, 0.15) is 50.8 Å². The van der Waals surface area contributed by atoms with Gasteiger partial charge in [0.1, 0.15) is 0 Å². The van der Waals surface area contributed by atoms with Crippen LogP contribution in [-0.2, 0) is 4.74 Å². The van der Waals surface area contributed by atoms with Gasteiger partial charge in [-0.1, -0.05) is 24.6 Å². The summed E-state index contributed by atoms with van der Waals surface area (Å²) >= 11 is 0. The monoisotopic (exact) mass is 325 g/mol. The molecule has 0 radical (unpaired) electrons. The van der Waals surface area contributed by atoms with Gasteiger partial charge in [0.15, 0.2) is 0 Å². The molecule has 0 heterocycles. The Bertz CT molecular complexity index is 725. The molecule has 24 heavy (non-hydrogen) atoms. The van der Waals surface area contributed by atoms with Crippen LogP contribution < -0.4 is 5.32 Å². The molecule has 4 nitrogen and oxygen atoms in total. The van der Waals surface area contributed by atoms with Crippen molar-refractivity contribution in [3.05, 3.63) is 64.2 Å². The second-order valence-corrected chi connectivity index (χ2v) is 5.94. The molecule has 0 saturated heterocycles. The second kappa shape index (κ2) is 7.77. The third-order valence-corrected chi connectivity index (χ3v) is 3.72. The van der Waals surface area contributed by atoms with Gasteiger partial charge in [-0.3, -0.25) is 4.79 Å². The first-order valence-corrected chi connectivity index (χ1v) is 8.08. The third-order valence-electron chi connectivity index (χ3n) is 3.72. The summed E-state index contributed by atoms with van der Waals surface area (Å²) < 4.78 is 5.08. The summed E-state index contributed by atoms with van der Waals surface area (Å²) in [5.41, 5.74) is 4.84. The Labute approximate surface area is 142 Å². The van der Waals surface area contributed by atoms with Crippen molar-refractivity contribution in [2.75, 3.05) is 11.9 Å². The van der Waals surface area contributed by atoms with Crippen LogP contribution in [0, 0.1) is 20.8 Å². The minimum Gasteiger partial charge on any atom is -0.462 e. The molecule has 0 spiro atoms. The summed E-state index contributed by atoms with van der Waals surface area (Å²) in [6.45, 7) is 8.23. The van der Waals surface area contributed by atoms with Gasteiger partial charge in [0, 0.05) is 11.3 Å². The highest BCUT2D eigenvalue weighted by atomic mass is 16.5. The number of hydrogen-bond acceptors (Lipinski definition) is 3. The second-order valence-electron chi connectivity index (χ2n) is 5.94. The first-order chi connectivity index (χ1) is 11.4. The van der Waals surface area contributed by atoms with Crippen molar-refractivity contribution < 1.29 is 14.3 Å². The quantitative estimate of drug-likeness (QED) is 0.827. The van der Waals surface area contributed by atoms with Crippen LogP contribution in [0.4, 0.5) is 5.69 Å². The van der Waals surface area contributed by atoms with E-state index in [2.05, 4.69) is 5.32 Å². The smallest absolute Gasteiger partial charge is 0.338 e. The zero-order valence-electron chi connectivity index (χ0n) is 14.6. The maximum Gasteiger partial charge on any atom is 0.338 e. The fraction of sp³-hybridized carbons (Fsp3) is 0.300. The van der Waals surface area contributed by atoms with E-state index in [1.54, 1.807) is 24.3 Å². The SMILES string of the molecule is CCCOC(=O)c1ccc(NC(=O)c2c(C)cc(C)cc2C)cc1. The van der Waals surface area contributed by atoms with Crippen molar-refractivity contribution in [2.24, 2.45) is 0 Å². The highest BCUT2D eigenvalue weighted by molar-refractivity contribution is 6.06. The highest BCUT2D eigenvalue weighted by Gasteiger charge is 2.13. The molecule has 0 aliphatic carbocycles. The maximum absolute atomic E-state index is 12.5. The number of carbonyl (C=O) groups excluding carboxylic acids is 2. The molecule has 126 valence electrons. The van der Waals surface area contributed by atoms with Gasteiger partial charge in [-0.25, -0.2) is 4.79 Å². The average Bonchev–Trinajstić information content (AvgIpc) is 2.52. The van der Waals surface area contributed by atoms with Crippen molar-refractivity contribution in [2.45, 2.75) is 34.1 Å². The number of carbonyl (C=O) groups is 2. The fourth-order valence-electron chi connectivity index (χ4n) is 2.70. The number of ether oxygens (including phenoxy) is 1. The maximum atomic E-state index is 12.5. The Morgan fingerprint density at radius 1 is 1.00 bits per heavy atom. The van der Waals surface area contributed by atoms with Crippen LogP contribution in [0.15, 0.2) is 36.4 Å². The lowest BCUT2D eigenvalue weighted by molar-refractivity contribution is 0.0505. The predicted octanol–water partition coefficient (Wildman–Crippen LogP) is 4.43. The van der Waals surface area contributed by atoms with E-state index in [0.29, 0.717) is 23.4 Å². The Kier molecular flexibility index (Phi) is 5.74. The summed E-state index contributed by atoms with van der Waals surface area (Å²) in [5, 5.41) is 2.88. The lowest BCUT2D eigenvalue weighted by Gasteiger charge is -2.12. The molecule has 0 atom stereocenters. The normalized spacial score (nSPS) is 10.3. The van der Waals surface area contributed by atoms with Crippen LogP contribution in [0.3, 0.4) is 0 Å². The number of amides is 1. The van der Waals surface area contributed by atoms with Crippen molar-refractivity contribution in [1.29, 1.82) is 0 Å². The van der Waals surface area contributed by atoms with Gasteiger partial charge in [-0.05, 0) is 62.6 Å². The molecule has 0 fully saturated rings. The van der Waals surface area contributed by atoms with Gasteiger partial charge in [0.05, 0.1) is 12.2 Å². The summed E-state index contributed by atoms with van der Waals surface area (Å²) in [4.78, 5) is 24.3. The average molecular weight is 325 g/mol. The Balaban J connectivity index is 2.11. The largest absolute Gasteiger partial charge is 0.462 e. The number of hydrogen-bond donors (Lipinski definition) is 1. The van der Waals surface area contributed by atoms with Crippen LogP contribution in [0.25, 0.3) is 0 Å². The van der Waals surface area contributed by atoms with Crippen molar-refractivity contribution in [3.8, 4) is 0 Å². The van der Waals surface area contributed by atoms with E-state index in [0.717, 1.165) is 23.1 Å². The van der Waals surface area contributed by atoms with Gasteiger partial charge in [0.2, 0.25) is 0 Å². The zero-order valence-corrected chi connectivity index (χ0v) is 14.6. The number of nitrogens with one attached hydrogen (secondary N) is 1. The molecule has 0 aromatic heterocycles. The molecule has 2 aromatic carbocycles. The summed E-state index contributed by atoms with van der Waals surface area (Å²) in [6.07, 6.45) is 0.787. The highest BCUT2D eigenvalue weighted by Crippen LogP contribution is 2.19. The van der Waals surface area contributed by atoms with Crippen molar-refractivity contribution >= 4 is 17.6 Å². The van der Waals surface area contributed by atoms with Gasteiger partial charge in [-0.2, -0.15) is 0 Å². The Morgan fingerprint density at radius 3 is 2.12 bits per heavy atom. The molecular formula is C20H23NO3. The molecule has 2 rings (SSSR count). The molecule has 4 heteroatoms. The summed E-state index contributed by atoms with van der Waals surface area (Å²) in [5.74, 6) is -0.494. The minimum absolute atomic E-state index is 0.147. The van der Waals surface area contributed by atoms with Crippen LogP contribution in [-0.4, -0.2) is 18.5 Å². The van der Waals surface area contributed by atoms with Gasteiger partial charge in [-0.15, -0.1) is 0 Å². The molecule has 0 bridgehead atoms. The number of rotatable bonds is 5. The number of benzene rings is 2. The number of aryl methyl sites for hydroxylation is 3. The molecule has 0 unspecified atom stereocenters. The number of esters is 1. The first kappa shape index (κ1) is 17.7. The standard InChI is InChI=1S/C20H23NO3/c1-5-10-24-20(23)16-6-8-17(9-7-16)21-19(22)18-14(3)11-13(2)12-15(18)4/h6-9,11-12H,5,10H2,1-4H3,(H,21,22). The topological polar surface area (TPSA) is 55.4 Å². The van der Waals surface area contributed by atoms with E-state index in [9.17, 15) is 9.59 Å². The molecule has 2 aromatic rings. The minimum atomic E-state index is -0.347. The number of anilines is 1. The molecule has 1 amide bonds. The van der Waals surface area contributed by atoms with E-state index >= 15 is 0 Å². The summed E-state index contributed by atoms with van der Waals surface area (Å²) in [7, 11) is 0. The van der Waals surface area contributed by atoms with Crippen LogP contribution >= 0.6 is 0 Å². The predicted molar refractivity (Wildman–Crippen MR) is 95.6 cm³/mol. The van der Waals surface area contributed by atoms with Gasteiger partial charge in [0.25, 0.3) is 5.91 Å². The molecule has 1 N–H and O–H groups in total. The van der Waals surface area contributed by atoms with Gasteiger partial charge < -0.3 is 10.1 Å².